The van der Waals surface area contributed by atoms with E-state index in [1.165, 1.54) is 18.2 Å². The third-order valence-electron chi connectivity index (χ3n) is 3.57. The summed E-state index contributed by atoms with van der Waals surface area (Å²) in [6, 6.07) is 7.42. The zero-order chi connectivity index (χ0) is 20.7. The molecule has 1 heterocycles. The van der Waals surface area contributed by atoms with Crippen LogP contribution in [0.2, 0.25) is 10.0 Å². The van der Waals surface area contributed by atoms with Crippen molar-refractivity contribution in [2.45, 2.75) is 11.9 Å². The smallest absolute Gasteiger partial charge is 0.417 e. The van der Waals surface area contributed by atoms with Crippen molar-refractivity contribution in [1.29, 1.82) is 0 Å². The minimum absolute atomic E-state index is 0.154. The quantitative estimate of drug-likeness (QED) is 0.410. The number of hydrogen-bond donors (Lipinski definition) is 0. The lowest BCUT2D eigenvalue weighted by Crippen LogP contribution is -2.13. The lowest BCUT2D eigenvalue weighted by molar-refractivity contribution is -0.136. The topological polar surface area (TPSA) is 73.6 Å². The molecule has 11 heteroatoms. The largest absolute Gasteiger partial charge is 0.423 e. The molecule has 2 aromatic carbocycles. The first-order chi connectivity index (χ1) is 12.9. The van der Waals surface area contributed by atoms with Crippen LogP contribution in [0.4, 0.5) is 13.2 Å². The van der Waals surface area contributed by atoms with E-state index in [4.69, 9.17) is 31.8 Å². The van der Waals surface area contributed by atoms with Crippen LogP contribution in [0.25, 0.3) is 11.0 Å². The van der Waals surface area contributed by atoms with Gasteiger partial charge in [-0.2, -0.15) is 21.6 Å². The van der Waals surface area contributed by atoms with Crippen molar-refractivity contribution in [3.05, 3.63) is 74.1 Å². The van der Waals surface area contributed by atoms with Gasteiger partial charge in [-0.25, -0.2) is 4.79 Å². The monoisotopic (exact) mass is 452 g/mol. The zero-order valence-electron chi connectivity index (χ0n) is 13.6. The van der Waals surface area contributed by atoms with Gasteiger partial charge in [-0.3, -0.25) is 0 Å². The first-order valence-corrected chi connectivity index (χ1v) is 9.79. The van der Waals surface area contributed by atoms with Gasteiger partial charge in [-0.05, 0) is 29.8 Å². The Labute approximate surface area is 166 Å². The fraction of sp³-hybridized carbons (Fsp3) is 0.118. The summed E-state index contributed by atoms with van der Waals surface area (Å²) in [5.74, 6) is -0.871. The second kappa shape index (κ2) is 7.31. The minimum Gasteiger partial charge on any atom is -0.423 e. The average Bonchev–Trinajstić information content (AvgIpc) is 2.55. The summed E-state index contributed by atoms with van der Waals surface area (Å²) in [6.45, 7) is 0. The lowest BCUT2D eigenvalue weighted by Gasteiger charge is -2.11. The fourth-order valence-corrected chi connectivity index (χ4v) is 3.80. The van der Waals surface area contributed by atoms with E-state index < -0.39 is 44.2 Å². The number of benzene rings is 2. The average molecular weight is 453 g/mol. The van der Waals surface area contributed by atoms with Crippen LogP contribution in [0, 0.1) is 0 Å². The summed E-state index contributed by atoms with van der Waals surface area (Å²) < 4.78 is 73.2. The number of rotatable bonds is 4. The van der Waals surface area contributed by atoms with Gasteiger partial charge in [0, 0.05) is 17.5 Å². The molecule has 5 nitrogen and oxygen atoms in total. The van der Waals surface area contributed by atoms with E-state index in [-0.39, 0.29) is 15.8 Å². The Kier molecular flexibility index (Phi) is 5.35. The van der Waals surface area contributed by atoms with Gasteiger partial charge in [0.05, 0.1) is 15.6 Å². The highest BCUT2D eigenvalue weighted by atomic mass is 35.5. The molecule has 0 unspecified atom stereocenters. The lowest BCUT2D eigenvalue weighted by atomic mass is 10.1. The van der Waals surface area contributed by atoms with E-state index in [2.05, 4.69) is 0 Å². The van der Waals surface area contributed by atoms with Gasteiger partial charge in [0.25, 0.3) is 0 Å². The highest BCUT2D eigenvalue weighted by Crippen LogP contribution is 2.35. The van der Waals surface area contributed by atoms with E-state index in [9.17, 15) is 26.4 Å². The van der Waals surface area contributed by atoms with Crippen LogP contribution >= 0.6 is 23.2 Å². The Morgan fingerprint density at radius 3 is 2.36 bits per heavy atom. The molecule has 0 N–H and O–H groups in total. The van der Waals surface area contributed by atoms with Crippen molar-refractivity contribution in [2.75, 3.05) is 0 Å². The van der Waals surface area contributed by atoms with E-state index >= 15 is 0 Å². The van der Waals surface area contributed by atoms with Crippen LogP contribution < -0.4 is 9.81 Å². The molecular weight excluding hydrogens is 444 g/mol. The SMILES string of the molecule is O=c1cc(C(F)(F)F)c2ccc(OS(=O)(=O)Cc3ccc(Cl)c(Cl)c3)cc2o1. The van der Waals surface area contributed by atoms with E-state index in [0.717, 1.165) is 18.2 Å². The maximum absolute atomic E-state index is 13.0. The van der Waals surface area contributed by atoms with Gasteiger partial charge in [0.15, 0.2) is 0 Å². The molecule has 1 aromatic heterocycles. The Bertz CT molecular complexity index is 1220. The molecule has 0 spiro atoms. The van der Waals surface area contributed by atoms with Crippen molar-refractivity contribution in [2.24, 2.45) is 0 Å². The van der Waals surface area contributed by atoms with Crippen molar-refractivity contribution in [1.82, 2.24) is 0 Å². The predicted molar refractivity (Wildman–Crippen MR) is 97.2 cm³/mol. The summed E-state index contributed by atoms with van der Waals surface area (Å²) in [5.41, 5.74) is -2.58. The third kappa shape index (κ3) is 4.60. The number of alkyl halides is 3. The number of fused-ring (bicyclic) bond motifs is 1. The van der Waals surface area contributed by atoms with Crippen molar-refractivity contribution >= 4 is 44.3 Å². The van der Waals surface area contributed by atoms with E-state index in [0.29, 0.717) is 11.6 Å². The maximum Gasteiger partial charge on any atom is 0.417 e. The predicted octanol–water partition coefficient (Wildman–Crippen LogP) is 5.03. The molecule has 0 radical (unpaired) electrons. The Balaban J connectivity index is 1.93. The van der Waals surface area contributed by atoms with Gasteiger partial charge in [0.2, 0.25) is 0 Å². The highest BCUT2D eigenvalue weighted by Gasteiger charge is 2.34. The van der Waals surface area contributed by atoms with Crippen LogP contribution in [0.5, 0.6) is 5.75 Å². The molecular formula is C17H9Cl2F3O5S. The van der Waals surface area contributed by atoms with Crippen molar-refractivity contribution < 1.29 is 30.2 Å². The Morgan fingerprint density at radius 1 is 1.00 bits per heavy atom. The number of halogens is 5. The summed E-state index contributed by atoms with van der Waals surface area (Å²) in [6.07, 6.45) is -4.78. The van der Waals surface area contributed by atoms with Crippen LogP contribution in [0.15, 0.2) is 51.7 Å². The van der Waals surface area contributed by atoms with Crippen LogP contribution in [-0.4, -0.2) is 8.42 Å². The highest BCUT2D eigenvalue weighted by molar-refractivity contribution is 7.86. The molecule has 0 fully saturated rings. The normalized spacial score (nSPS) is 12.3. The van der Waals surface area contributed by atoms with E-state index in [1.807, 2.05) is 0 Å². The molecule has 148 valence electrons. The molecule has 3 rings (SSSR count). The fourth-order valence-electron chi connectivity index (χ4n) is 2.44. The van der Waals surface area contributed by atoms with Crippen LogP contribution in [0.3, 0.4) is 0 Å². The molecule has 0 amide bonds. The Hall–Kier alpha value is -2.23. The molecule has 0 atom stereocenters. The molecule has 28 heavy (non-hydrogen) atoms. The van der Waals surface area contributed by atoms with Gasteiger partial charge >= 0.3 is 21.9 Å². The summed E-state index contributed by atoms with van der Waals surface area (Å²) >= 11 is 11.6. The Morgan fingerprint density at radius 2 is 1.71 bits per heavy atom. The summed E-state index contributed by atoms with van der Waals surface area (Å²) in [7, 11) is -4.18. The first kappa shape index (κ1) is 20.5. The molecule has 0 aliphatic rings. The summed E-state index contributed by atoms with van der Waals surface area (Å²) in [5, 5.41) is -0.00313. The second-order valence-corrected chi connectivity index (χ2v) is 8.05. The van der Waals surface area contributed by atoms with Crippen LogP contribution in [-0.2, 0) is 22.0 Å². The first-order valence-electron chi connectivity index (χ1n) is 7.46. The second-order valence-electron chi connectivity index (χ2n) is 5.67. The van der Waals surface area contributed by atoms with Gasteiger partial charge in [-0.15, -0.1) is 0 Å². The van der Waals surface area contributed by atoms with E-state index in [1.54, 1.807) is 0 Å². The van der Waals surface area contributed by atoms with Crippen molar-refractivity contribution in [3.8, 4) is 5.75 Å². The molecule has 0 saturated heterocycles. The molecule has 0 saturated carbocycles. The molecule has 0 bridgehead atoms. The van der Waals surface area contributed by atoms with Crippen molar-refractivity contribution in [3.63, 3.8) is 0 Å². The zero-order valence-corrected chi connectivity index (χ0v) is 15.9. The van der Waals surface area contributed by atoms with Crippen LogP contribution in [0.1, 0.15) is 11.1 Å². The molecule has 0 aliphatic carbocycles. The molecule has 3 aromatic rings. The number of hydrogen-bond acceptors (Lipinski definition) is 5. The van der Waals surface area contributed by atoms with Gasteiger partial charge < -0.3 is 8.60 Å². The summed E-state index contributed by atoms with van der Waals surface area (Å²) in [4.78, 5) is 11.4. The minimum atomic E-state index is -4.78. The van der Waals surface area contributed by atoms with Gasteiger partial charge in [0.1, 0.15) is 17.1 Å². The molecule has 0 aliphatic heterocycles. The van der Waals surface area contributed by atoms with Gasteiger partial charge in [-0.1, -0.05) is 29.3 Å². The standard InChI is InChI=1S/C17H9Cl2F3O5S/c18-13-4-1-9(5-14(13)19)8-28(24,25)27-10-2-3-11-12(17(20,21)22)7-16(23)26-15(11)6-10/h1-7H,8H2. The maximum atomic E-state index is 13.0. The third-order valence-corrected chi connectivity index (χ3v) is 5.44.